The monoisotopic (exact) mass is 288 g/mol. The maximum absolute atomic E-state index is 12.4. The number of aromatic amines is 1. The lowest BCUT2D eigenvalue weighted by molar-refractivity contribution is 0.102. The summed E-state index contributed by atoms with van der Waals surface area (Å²) in [7, 11) is 0. The van der Waals surface area contributed by atoms with Crippen LogP contribution in [0.2, 0.25) is 0 Å². The van der Waals surface area contributed by atoms with Crippen LogP contribution >= 0.6 is 0 Å². The maximum Gasteiger partial charge on any atom is 0.277 e. The van der Waals surface area contributed by atoms with E-state index in [0.717, 1.165) is 21.8 Å². The molecule has 5 nitrogen and oxygen atoms in total. The van der Waals surface area contributed by atoms with E-state index in [2.05, 4.69) is 20.5 Å². The Morgan fingerprint density at radius 2 is 1.77 bits per heavy atom. The molecule has 2 N–H and O–H groups in total. The Bertz CT molecular complexity index is 990. The van der Waals surface area contributed by atoms with Crippen LogP contribution in [0.5, 0.6) is 0 Å². The molecule has 0 atom stereocenters. The Hall–Kier alpha value is -3.21. The number of para-hydroxylation sites is 2. The molecule has 0 saturated carbocycles. The largest absolute Gasteiger partial charge is 0.305 e. The van der Waals surface area contributed by atoms with Crippen molar-refractivity contribution < 1.29 is 4.79 Å². The molecule has 0 unspecified atom stereocenters. The van der Waals surface area contributed by atoms with Crippen molar-refractivity contribution in [3.05, 3.63) is 66.4 Å². The smallest absolute Gasteiger partial charge is 0.277 e. The van der Waals surface area contributed by atoms with E-state index in [0.29, 0.717) is 11.5 Å². The van der Waals surface area contributed by atoms with Gasteiger partial charge in [0, 0.05) is 10.8 Å². The number of hydrogen-bond acceptors (Lipinski definition) is 3. The van der Waals surface area contributed by atoms with Gasteiger partial charge >= 0.3 is 0 Å². The van der Waals surface area contributed by atoms with Crippen molar-refractivity contribution in [3.8, 4) is 0 Å². The van der Waals surface area contributed by atoms with Crippen LogP contribution in [-0.2, 0) is 0 Å². The van der Waals surface area contributed by atoms with Crippen molar-refractivity contribution >= 4 is 33.5 Å². The molecule has 22 heavy (non-hydrogen) atoms. The first-order valence-electron chi connectivity index (χ1n) is 6.91. The lowest BCUT2D eigenvalue weighted by atomic mass is 10.2. The number of nitrogens with zero attached hydrogens (tertiary/aromatic N) is 2. The van der Waals surface area contributed by atoms with Gasteiger partial charge in [0.25, 0.3) is 5.91 Å². The fraction of sp³-hybridized carbons (Fsp3) is 0. The molecule has 0 fully saturated rings. The third-order valence-corrected chi connectivity index (χ3v) is 3.53. The van der Waals surface area contributed by atoms with Crippen molar-refractivity contribution in [2.75, 3.05) is 5.32 Å². The van der Waals surface area contributed by atoms with E-state index in [9.17, 15) is 4.79 Å². The average molecular weight is 288 g/mol. The maximum atomic E-state index is 12.4. The van der Waals surface area contributed by atoms with E-state index < -0.39 is 0 Å². The summed E-state index contributed by atoms with van der Waals surface area (Å²) >= 11 is 0. The quantitative estimate of drug-likeness (QED) is 0.594. The summed E-state index contributed by atoms with van der Waals surface area (Å²) in [5.74, 6) is 0.232. The van der Waals surface area contributed by atoms with Crippen LogP contribution in [0.1, 0.15) is 10.5 Å². The van der Waals surface area contributed by atoms with Crippen molar-refractivity contribution in [2.24, 2.45) is 0 Å². The van der Waals surface area contributed by atoms with E-state index in [4.69, 9.17) is 0 Å². The minimum absolute atomic E-state index is 0.278. The number of amides is 1. The Morgan fingerprint density at radius 3 is 2.73 bits per heavy atom. The normalized spacial score (nSPS) is 10.9. The average Bonchev–Trinajstić information content (AvgIpc) is 2.99. The molecule has 4 aromatic rings. The molecule has 2 aromatic heterocycles. The summed E-state index contributed by atoms with van der Waals surface area (Å²) < 4.78 is 0. The Balaban J connectivity index is 1.68. The summed E-state index contributed by atoms with van der Waals surface area (Å²) in [6, 6.07) is 19.0. The van der Waals surface area contributed by atoms with Gasteiger partial charge in [0.05, 0.1) is 11.0 Å². The summed E-state index contributed by atoms with van der Waals surface area (Å²) in [6.45, 7) is 0. The van der Waals surface area contributed by atoms with Crippen LogP contribution in [0.3, 0.4) is 0 Å². The molecule has 0 bridgehead atoms. The van der Waals surface area contributed by atoms with Gasteiger partial charge in [-0.3, -0.25) is 9.89 Å². The highest BCUT2D eigenvalue weighted by atomic mass is 16.2. The van der Waals surface area contributed by atoms with Crippen LogP contribution in [0.4, 0.5) is 5.82 Å². The Labute approximate surface area is 126 Å². The van der Waals surface area contributed by atoms with Gasteiger partial charge < -0.3 is 5.32 Å². The second-order valence-corrected chi connectivity index (χ2v) is 4.96. The molecule has 5 heteroatoms. The number of rotatable bonds is 2. The number of fused-ring (bicyclic) bond motifs is 2. The molecule has 2 aromatic carbocycles. The highest BCUT2D eigenvalue weighted by molar-refractivity contribution is 6.10. The third-order valence-electron chi connectivity index (χ3n) is 3.53. The van der Waals surface area contributed by atoms with Gasteiger partial charge in [0.2, 0.25) is 0 Å². The number of pyridine rings is 1. The first-order valence-corrected chi connectivity index (χ1v) is 6.91. The van der Waals surface area contributed by atoms with E-state index in [1.807, 2.05) is 54.6 Å². The number of nitrogens with one attached hydrogen (secondary N) is 2. The molecule has 2 heterocycles. The Morgan fingerprint density at radius 1 is 0.955 bits per heavy atom. The molecule has 0 radical (unpaired) electrons. The molecular weight excluding hydrogens is 276 g/mol. The first-order chi connectivity index (χ1) is 10.8. The molecule has 0 aliphatic heterocycles. The van der Waals surface area contributed by atoms with Gasteiger partial charge in [-0.2, -0.15) is 5.10 Å². The second-order valence-electron chi connectivity index (χ2n) is 4.96. The van der Waals surface area contributed by atoms with Gasteiger partial charge in [0.1, 0.15) is 5.82 Å². The van der Waals surface area contributed by atoms with Crippen LogP contribution in [-0.4, -0.2) is 21.1 Å². The lowest BCUT2D eigenvalue weighted by Crippen LogP contribution is -2.13. The van der Waals surface area contributed by atoms with Gasteiger partial charge in [0.15, 0.2) is 5.69 Å². The lowest BCUT2D eigenvalue weighted by Gasteiger charge is -2.04. The van der Waals surface area contributed by atoms with Crippen molar-refractivity contribution in [1.82, 2.24) is 15.2 Å². The molecule has 4 rings (SSSR count). The molecular formula is C17H12N4O. The van der Waals surface area contributed by atoms with Gasteiger partial charge in [-0.1, -0.05) is 36.4 Å². The van der Waals surface area contributed by atoms with E-state index in [1.165, 1.54) is 0 Å². The SMILES string of the molecule is O=C(Nc1ccc2ccccc2n1)c1n[nH]c2ccccc12. The fourth-order valence-electron chi connectivity index (χ4n) is 2.45. The number of H-pyrrole nitrogens is 1. The van der Waals surface area contributed by atoms with Crippen LogP contribution in [0, 0.1) is 0 Å². The van der Waals surface area contributed by atoms with Crippen LogP contribution in [0.25, 0.3) is 21.8 Å². The number of benzene rings is 2. The van der Waals surface area contributed by atoms with Crippen molar-refractivity contribution in [3.63, 3.8) is 0 Å². The van der Waals surface area contributed by atoms with E-state index >= 15 is 0 Å². The van der Waals surface area contributed by atoms with Gasteiger partial charge in [-0.25, -0.2) is 4.98 Å². The number of carbonyl (C=O) groups is 1. The minimum Gasteiger partial charge on any atom is -0.305 e. The topological polar surface area (TPSA) is 70.7 Å². The summed E-state index contributed by atoms with van der Waals surface area (Å²) in [5.41, 5.74) is 2.04. The predicted octanol–water partition coefficient (Wildman–Crippen LogP) is 3.36. The Kier molecular flexibility index (Phi) is 2.83. The van der Waals surface area contributed by atoms with Crippen LogP contribution < -0.4 is 5.32 Å². The van der Waals surface area contributed by atoms with Crippen LogP contribution in [0.15, 0.2) is 60.7 Å². The number of aromatic nitrogens is 3. The third kappa shape index (κ3) is 2.09. The van der Waals surface area contributed by atoms with Gasteiger partial charge in [-0.05, 0) is 24.3 Å². The van der Waals surface area contributed by atoms with Crippen molar-refractivity contribution in [2.45, 2.75) is 0 Å². The number of anilines is 1. The highest BCUT2D eigenvalue weighted by Gasteiger charge is 2.14. The standard InChI is InChI=1S/C17H12N4O/c22-17(16-12-6-2-4-8-14(12)20-21-16)19-15-10-9-11-5-1-3-7-13(11)18-15/h1-10H,(H,20,21)(H,18,19,22). The molecule has 1 amide bonds. The van der Waals surface area contributed by atoms with Crippen molar-refractivity contribution in [1.29, 1.82) is 0 Å². The zero-order valence-electron chi connectivity index (χ0n) is 11.6. The summed E-state index contributed by atoms with van der Waals surface area (Å²) in [4.78, 5) is 16.8. The molecule has 0 aliphatic rings. The zero-order valence-corrected chi connectivity index (χ0v) is 11.6. The second kappa shape index (κ2) is 4.96. The van der Waals surface area contributed by atoms with Gasteiger partial charge in [-0.15, -0.1) is 0 Å². The molecule has 0 saturated heterocycles. The number of hydrogen-bond donors (Lipinski definition) is 2. The number of carbonyl (C=O) groups excluding carboxylic acids is 1. The molecule has 0 aliphatic carbocycles. The minimum atomic E-state index is -0.278. The summed E-state index contributed by atoms with van der Waals surface area (Å²) in [5, 5.41) is 11.6. The fourth-order valence-corrected chi connectivity index (χ4v) is 2.45. The predicted molar refractivity (Wildman–Crippen MR) is 85.8 cm³/mol. The highest BCUT2D eigenvalue weighted by Crippen LogP contribution is 2.18. The first kappa shape index (κ1) is 12.5. The zero-order chi connectivity index (χ0) is 14.9. The molecule has 0 spiro atoms. The summed E-state index contributed by atoms with van der Waals surface area (Å²) in [6.07, 6.45) is 0. The van der Waals surface area contributed by atoms with E-state index in [1.54, 1.807) is 6.07 Å². The van der Waals surface area contributed by atoms with E-state index in [-0.39, 0.29) is 5.91 Å². The molecule has 106 valence electrons.